The number of nitrogens with zero attached hydrogens (tertiary/aromatic N) is 2. The minimum Gasteiger partial charge on any atom is -0.507 e. The summed E-state index contributed by atoms with van der Waals surface area (Å²) in [5.74, 6) is -2.70. The molecule has 2 aromatic rings. The van der Waals surface area contributed by atoms with Crippen molar-refractivity contribution in [2.75, 3.05) is 13.2 Å². The molecular weight excluding hydrogens is 444 g/mol. The molecule has 3 unspecified atom stereocenters. The number of hydrogen-bond acceptors (Lipinski definition) is 7. The second-order valence-corrected chi connectivity index (χ2v) is 8.17. The zero-order valence-electron chi connectivity index (χ0n) is 17.5. The third-order valence-corrected chi connectivity index (χ3v) is 5.35. The van der Waals surface area contributed by atoms with E-state index in [1.165, 1.54) is 19.9 Å². The molecule has 0 saturated heterocycles. The SMILES string of the molecule is CC(NC(=O)C1(C)COC(c2cn(C)c3cc(Cl)cc(O)c23)=N1)C(=O)NC(CO)C(=O)O. The molecule has 1 aromatic heterocycles. The van der Waals surface area contributed by atoms with Gasteiger partial charge in [0.1, 0.15) is 24.4 Å². The number of aliphatic carboxylic acids is 1. The number of aliphatic hydroxyl groups excluding tert-OH is 1. The molecule has 1 aliphatic rings. The number of aromatic hydroxyl groups is 1. The average molecular weight is 467 g/mol. The van der Waals surface area contributed by atoms with E-state index in [4.69, 9.17) is 26.6 Å². The fourth-order valence-electron chi connectivity index (χ4n) is 3.27. The van der Waals surface area contributed by atoms with E-state index in [2.05, 4.69) is 15.6 Å². The molecule has 0 radical (unpaired) electrons. The Morgan fingerprint density at radius 3 is 2.66 bits per heavy atom. The van der Waals surface area contributed by atoms with Crippen LogP contribution in [0, 0.1) is 0 Å². The number of halogens is 1. The third kappa shape index (κ3) is 4.34. The van der Waals surface area contributed by atoms with Gasteiger partial charge in [0, 0.05) is 18.3 Å². The molecule has 0 spiro atoms. The van der Waals surface area contributed by atoms with Crippen LogP contribution < -0.4 is 10.6 Å². The zero-order valence-corrected chi connectivity index (χ0v) is 18.3. The van der Waals surface area contributed by atoms with Gasteiger partial charge in [-0.15, -0.1) is 0 Å². The van der Waals surface area contributed by atoms with Crippen LogP contribution in [-0.2, 0) is 26.2 Å². The Kier molecular flexibility index (Phi) is 6.33. The number of benzene rings is 1. The highest BCUT2D eigenvalue weighted by Gasteiger charge is 2.41. The molecule has 1 aliphatic heterocycles. The summed E-state index contributed by atoms with van der Waals surface area (Å²) >= 11 is 6.02. The third-order valence-electron chi connectivity index (χ3n) is 5.13. The highest BCUT2D eigenvalue weighted by Crippen LogP contribution is 2.35. The lowest BCUT2D eigenvalue weighted by atomic mass is 10.0. The maximum Gasteiger partial charge on any atom is 0.328 e. The fraction of sp³-hybridized carbons (Fsp3) is 0.400. The molecule has 11 nitrogen and oxygen atoms in total. The van der Waals surface area contributed by atoms with Gasteiger partial charge in [-0.05, 0) is 26.0 Å². The molecule has 5 N–H and O–H groups in total. The van der Waals surface area contributed by atoms with Crippen molar-refractivity contribution in [3.63, 3.8) is 0 Å². The first-order valence-electron chi connectivity index (χ1n) is 9.62. The second kappa shape index (κ2) is 8.67. The molecule has 0 fully saturated rings. The van der Waals surface area contributed by atoms with Gasteiger partial charge in [0.05, 0.1) is 23.1 Å². The van der Waals surface area contributed by atoms with Gasteiger partial charge in [-0.2, -0.15) is 0 Å². The smallest absolute Gasteiger partial charge is 0.328 e. The van der Waals surface area contributed by atoms with Gasteiger partial charge in [0.15, 0.2) is 5.54 Å². The highest BCUT2D eigenvalue weighted by atomic mass is 35.5. The van der Waals surface area contributed by atoms with Crippen LogP contribution in [0.25, 0.3) is 10.9 Å². The first-order valence-corrected chi connectivity index (χ1v) is 10.00. The summed E-state index contributed by atoms with van der Waals surface area (Å²) in [7, 11) is 1.76. The standard InChI is InChI=1S/C20H23ClN4O7/c1-9(16(28)23-12(7-26)18(29)30)22-19(31)20(2)8-32-17(24-20)11-6-25(3)13-4-10(21)5-14(27)15(11)13/h4-6,9,12,26-27H,7-8H2,1-3H3,(H,22,31)(H,23,28)(H,29,30). The number of ether oxygens (including phenoxy) is 1. The summed E-state index contributed by atoms with van der Waals surface area (Å²) in [6.45, 7) is 2.00. The van der Waals surface area contributed by atoms with E-state index in [0.29, 0.717) is 21.5 Å². The molecule has 1 aromatic carbocycles. The van der Waals surface area contributed by atoms with E-state index in [-0.39, 0.29) is 18.3 Å². The number of fused-ring (bicyclic) bond motifs is 1. The van der Waals surface area contributed by atoms with E-state index >= 15 is 0 Å². The number of aryl methyl sites for hydroxylation is 1. The predicted molar refractivity (Wildman–Crippen MR) is 115 cm³/mol. The normalized spacial score (nSPS) is 19.7. The molecule has 2 heterocycles. The van der Waals surface area contributed by atoms with Gasteiger partial charge in [-0.25, -0.2) is 9.79 Å². The molecule has 172 valence electrons. The number of aromatic nitrogens is 1. The minimum atomic E-state index is -1.48. The zero-order chi connectivity index (χ0) is 23.8. The maximum atomic E-state index is 12.8. The number of carboxylic acid groups (broad SMARTS) is 1. The Hall–Kier alpha value is -3.31. The lowest BCUT2D eigenvalue weighted by Gasteiger charge is -2.22. The molecule has 3 atom stereocenters. The Labute approximate surface area is 187 Å². The van der Waals surface area contributed by atoms with Crippen molar-refractivity contribution in [1.29, 1.82) is 0 Å². The number of nitrogens with one attached hydrogen (secondary N) is 2. The van der Waals surface area contributed by atoms with Crippen molar-refractivity contribution in [3.8, 4) is 5.75 Å². The quantitative estimate of drug-likeness (QED) is 0.387. The maximum absolute atomic E-state index is 12.8. The molecule has 0 aliphatic carbocycles. The number of aliphatic hydroxyl groups is 1. The lowest BCUT2D eigenvalue weighted by molar-refractivity contribution is -0.143. The number of carbonyl (C=O) groups excluding carboxylic acids is 2. The van der Waals surface area contributed by atoms with Crippen molar-refractivity contribution in [2.45, 2.75) is 31.5 Å². The van der Waals surface area contributed by atoms with Crippen LogP contribution in [0.3, 0.4) is 0 Å². The van der Waals surface area contributed by atoms with Crippen LogP contribution in [0.2, 0.25) is 5.02 Å². The van der Waals surface area contributed by atoms with E-state index in [1.807, 2.05) is 0 Å². The van der Waals surface area contributed by atoms with E-state index < -0.39 is 42.0 Å². The summed E-state index contributed by atoms with van der Waals surface area (Å²) < 4.78 is 7.40. The molecule has 3 rings (SSSR count). The van der Waals surface area contributed by atoms with Crippen LogP contribution in [0.4, 0.5) is 0 Å². The Balaban J connectivity index is 1.80. The highest BCUT2D eigenvalue weighted by molar-refractivity contribution is 6.31. The minimum absolute atomic E-state index is 0.0605. The molecule has 12 heteroatoms. The lowest BCUT2D eigenvalue weighted by Crippen LogP contribution is -2.55. The molecule has 32 heavy (non-hydrogen) atoms. The summed E-state index contributed by atoms with van der Waals surface area (Å²) in [5.41, 5.74) is -0.236. The first-order chi connectivity index (χ1) is 15.0. The van der Waals surface area contributed by atoms with Crippen LogP contribution in [0.1, 0.15) is 19.4 Å². The first kappa shape index (κ1) is 23.4. The largest absolute Gasteiger partial charge is 0.507 e. The van der Waals surface area contributed by atoms with Gasteiger partial charge in [0.2, 0.25) is 11.8 Å². The fourth-order valence-corrected chi connectivity index (χ4v) is 3.48. The monoisotopic (exact) mass is 466 g/mol. The van der Waals surface area contributed by atoms with Gasteiger partial charge < -0.3 is 35.3 Å². The van der Waals surface area contributed by atoms with Crippen LogP contribution >= 0.6 is 11.6 Å². The Morgan fingerprint density at radius 1 is 1.34 bits per heavy atom. The number of phenols is 1. The van der Waals surface area contributed by atoms with Crippen LogP contribution in [0.15, 0.2) is 23.3 Å². The van der Waals surface area contributed by atoms with Crippen molar-refractivity contribution in [1.82, 2.24) is 15.2 Å². The van der Waals surface area contributed by atoms with Crippen molar-refractivity contribution in [3.05, 3.63) is 28.9 Å². The molecular formula is C20H23ClN4O7. The predicted octanol–water partition coefficient (Wildman–Crippen LogP) is 0.139. The van der Waals surface area contributed by atoms with Gasteiger partial charge in [0.25, 0.3) is 5.91 Å². The Morgan fingerprint density at radius 2 is 2.03 bits per heavy atom. The van der Waals surface area contributed by atoms with Gasteiger partial charge in [-0.1, -0.05) is 11.6 Å². The van der Waals surface area contributed by atoms with Gasteiger partial charge in [-0.3, -0.25) is 9.59 Å². The number of phenolic OH excluding ortho intramolecular Hbond substituents is 1. The molecule has 0 saturated carbocycles. The van der Waals surface area contributed by atoms with Crippen LogP contribution in [-0.4, -0.2) is 74.4 Å². The van der Waals surface area contributed by atoms with E-state index in [0.717, 1.165) is 0 Å². The summed E-state index contributed by atoms with van der Waals surface area (Å²) in [4.78, 5) is 40.3. The number of carbonyl (C=O) groups is 3. The van der Waals surface area contributed by atoms with Crippen LogP contribution in [0.5, 0.6) is 5.75 Å². The van der Waals surface area contributed by atoms with E-state index in [9.17, 15) is 19.5 Å². The number of rotatable bonds is 7. The van der Waals surface area contributed by atoms with E-state index in [1.54, 1.807) is 23.9 Å². The Bertz CT molecular complexity index is 1130. The number of hydrogen-bond donors (Lipinski definition) is 5. The van der Waals surface area contributed by atoms with Gasteiger partial charge >= 0.3 is 5.97 Å². The summed E-state index contributed by atoms with van der Waals surface area (Å²) in [5, 5.41) is 33.8. The van der Waals surface area contributed by atoms with Crippen molar-refractivity contribution >= 4 is 46.2 Å². The second-order valence-electron chi connectivity index (χ2n) is 7.73. The summed E-state index contributed by atoms with van der Waals surface area (Å²) in [6.07, 6.45) is 1.69. The van der Waals surface area contributed by atoms with Crippen molar-refractivity contribution < 1.29 is 34.4 Å². The number of carboxylic acids is 1. The summed E-state index contributed by atoms with van der Waals surface area (Å²) in [6, 6.07) is 0.505. The topological polar surface area (TPSA) is 162 Å². The molecule has 2 amide bonds. The number of aliphatic imine (C=N–C) groups is 1. The average Bonchev–Trinajstić information content (AvgIpc) is 3.27. The van der Waals surface area contributed by atoms with Crippen molar-refractivity contribution in [2.24, 2.45) is 12.0 Å². The molecule has 0 bridgehead atoms. The number of amides is 2.